The summed E-state index contributed by atoms with van der Waals surface area (Å²) >= 11 is 4.38. The third kappa shape index (κ3) is 2.11. The van der Waals surface area contributed by atoms with Crippen LogP contribution in [-0.2, 0) is 0 Å². The van der Waals surface area contributed by atoms with Gasteiger partial charge in [-0.25, -0.2) is 0 Å². The molecule has 0 N–H and O–H groups in total. The SMILES string of the molecule is Cc1ccc([SiH](C)C)cc1S. The van der Waals surface area contributed by atoms with Gasteiger partial charge in [-0.3, -0.25) is 0 Å². The van der Waals surface area contributed by atoms with Gasteiger partial charge in [-0.05, 0) is 18.6 Å². The molecule has 1 aromatic rings. The summed E-state index contributed by atoms with van der Waals surface area (Å²) in [7, 11) is -0.626. The lowest BCUT2D eigenvalue weighted by atomic mass is 10.2. The van der Waals surface area contributed by atoms with Gasteiger partial charge < -0.3 is 0 Å². The van der Waals surface area contributed by atoms with Gasteiger partial charge in [-0.2, -0.15) is 0 Å². The van der Waals surface area contributed by atoms with Crippen LogP contribution in [0.1, 0.15) is 5.56 Å². The Morgan fingerprint density at radius 1 is 1.27 bits per heavy atom. The maximum absolute atomic E-state index is 4.38. The standard InChI is InChI=1S/C9H14SSi/c1-7-4-5-8(11(2)3)6-9(7)10/h4-6,10-11H,1-3H3. The number of aryl methyl sites for hydroxylation is 1. The van der Waals surface area contributed by atoms with Gasteiger partial charge in [0.2, 0.25) is 0 Å². The molecule has 0 aromatic heterocycles. The molecule has 0 saturated heterocycles. The van der Waals surface area contributed by atoms with E-state index in [0.717, 1.165) is 4.90 Å². The largest absolute Gasteiger partial charge is 0.143 e. The molecule has 1 rings (SSSR count). The zero-order valence-electron chi connectivity index (χ0n) is 7.26. The predicted octanol–water partition coefficient (Wildman–Crippen LogP) is 1.98. The number of rotatable bonds is 1. The molecule has 60 valence electrons. The third-order valence-electron chi connectivity index (χ3n) is 1.90. The van der Waals surface area contributed by atoms with Crippen LogP contribution in [0.25, 0.3) is 0 Å². The summed E-state index contributed by atoms with van der Waals surface area (Å²) in [5.41, 5.74) is 1.27. The molecule has 0 aliphatic rings. The topological polar surface area (TPSA) is 0 Å². The lowest BCUT2D eigenvalue weighted by molar-refractivity contribution is 1.32. The van der Waals surface area contributed by atoms with Crippen molar-refractivity contribution >= 4 is 26.6 Å². The van der Waals surface area contributed by atoms with Crippen molar-refractivity contribution in [1.29, 1.82) is 0 Å². The predicted molar refractivity (Wildman–Crippen MR) is 56.9 cm³/mol. The fourth-order valence-electron chi connectivity index (χ4n) is 0.986. The molecule has 0 fully saturated rings. The third-order valence-corrected chi connectivity index (χ3v) is 4.07. The van der Waals surface area contributed by atoms with Gasteiger partial charge in [-0.1, -0.05) is 30.4 Å². The van der Waals surface area contributed by atoms with Gasteiger partial charge in [0.1, 0.15) is 0 Å². The Labute approximate surface area is 75.7 Å². The van der Waals surface area contributed by atoms with E-state index in [0.29, 0.717) is 0 Å². The lowest BCUT2D eigenvalue weighted by Gasteiger charge is -2.05. The molecule has 0 unspecified atom stereocenters. The van der Waals surface area contributed by atoms with E-state index in [4.69, 9.17) is 0 Å². The summed E-state index contributed by atoms with van der Waals surface area (Å²) < 4.78 is 0. The minimum absolute atomic E-state index is 0.626. The summed E-state index contributed by atoms with van der Waals surface area (Å²) in [5.74, 6) is 0. The molecule has 0 nitrogen and oxygen atoms in total. The Kier molecular flexibility index (Phi) is 2.79. The number of thiol groups is 1. The number of hydrogen-bond acceptors (Lipinski definition) is 1. The first kappa shape index (κ1) is 8.88. The average Bonchev–Trinajstić information content (AvgIpc) is 1.94. The normalized spacial score (nSPS) is 10.6. The van der Waals surface area contributed by atoms with Crippen LogP contribution in [0.3, 0.4) is 0 Å². The van der Waals surface area contributed by atoms with Gasteiger partial charge in [0.25, 0.3) is 0 Å². The summed E-state index contributed by atoms with van der Waals surface area (Å²) in [6.45, 7) is 6.75. The van der Waals surface area contributed by atoms with Crippen LogP contribution in [0.15, 0.2) is 23.1 Å². The van der Waals surface area contributed by atoms with Crippen LogP contribution in [0.2, 0.25) is 13.1 Å². The quantitative estimate of drug-likeness (QED) is 0.498. The van der Waals surface area contributed by atoms with E-state index >= 15 is 0 Å². The molecule has 11 heavy (non-hydrogen) atoms. The number of benzene rings is 1. The molecule has 0 radical (unpaired) electrons. The van der Waals surface area contributed by atoms with Crippen molar-refractivity contribution in [2.24, 2.45) is 0 Å². The van der Waals surface area contributed by atoms with Crippen molar-refractivity contribution < 1.29 is 0 Å². The molecule has 0 heterocycles. The van der Waals surface area contributed by atoms with Crippen molar-refractivity contribution in [3.8, 4) is 0 Å². The maximum Gasteiger partial charge on any atom is 0.0647 e. The van der Waals surface area contributed by atoms with E-state index in [2.05, 4.69) is 50.8 Å². The Morgan fingerprint density at radius 3 is 2.36 bits per heavy atom. The highest BCUT2D eigenvalue weighted by Gasteiger charge is 2.01. The monoisotopic (exact) mass is 182 g/mol. The van der Waals surface area contributed by atoms with E-state index in [1.54, 1.807) is 0 Å². The Balaban J connectivity index is 3.05. The van der Waals surface area contributed by atoms with Crippen LogP contribution >= 0.6 is 12.6 Å². The Bertz CT molecular complexity index is 256. The molecule has 0 aliphatic carbocycles. The van der Waals surface area contributed by atoms with Gasteiger partial charge in [0, 0.05) is 4.90 Å². The lowest BCUT2D eigenvalue weighted by Crippen LogP contribution is -2.22. The van der Waals surface area contributed by atoms with E-state index in [1.165, 1.54) is 10.8 Å². The molecule has 2 heteroatoms. The van der Waals surface area contributed by atoms with Crippen molar-refractivity contribution in [2.45, 2.75) is 24.9 Å². The second-order valence-corrected chi connectivity index (χ2v) is 6.66. The van der Waals surface area contributed by atoms with Crippen molar-refractivity contribution in [3.63, 3.8) is 0 Å². The van der Waals surface area contributed by atoms with Crippen LogP contribution in [-0.4, -0.2) is 8.80 Å². The molecule has 0 amide bonds. The molecular weight excluding hydrogens is 168 g/mol. The number of hydrogen-bond donors (Lipinski definition) is 1. The van der Waals surface area contributed by atoms with Gasteiger partial charge in [0.05, 0.1) is 8.80 Å². The second-order valence-electron chi connectivity index (χ2n) is 3.20. The first-order chi connectivity index (χ1) is 5.11. The fourth-order valence-corrected chi connectivity index (χ4v) is 2.33. The van der Waals surface area contributed by atoms with Gasteiger partial charge in [-0.15, -0.1) is 12.6 Å². The molecule has 1 aromatic carbocycles. The average molecular weight is 182 g/mol. The fraction of sp³-hybridized carbons (Fsp3) is 0.333. The van der Waals surface area contributed by atoms with Crippen LogP contribution in [0.4, 0.5) is 0 Å². The molecular formula is C9H14SSi. The highest BCUT2D eigenvalue weighted by Crippen LogP contribution is 2.09. The van der Waals surface area contributed by atoms with Gasteiger partial charge in [0.15, 0.2) is 0 Å². The van der Waals surface area contributed by atoms with Crippen molar-refractivity contribution in [1.82, 2.24) is 0 Å². The highest BCUT2D eigenvalue weighted by atomic mass is 32.1. The first-order valence-corrected chi connectivity index (χ1v) is 7.24. The van der Waals surface area contributed by atoms with E-state index in [1.807, 2.05) is 0 Å². The van der Waals surface area contributed by atoms with Crippen molar-refractivity contribution in [2.75, 3.05) is 0 Å². The van der Waals surface area contributed by atoms with E-state index < -0.39 is 8.80 Å². The van der Waals surface area contributed by atoms with Crippen LogP contribution < -0.4 is 5.19 Å². The zero-order chi connectivity index (χ0) is 8.43. The minimum atomic E-state index is -0.626. The van der Waals surface area contributed by atoms with Crippen molar-refractivity contribution in [3.05, 3.63) is 23.8 Å². The minimum Gasteiger partial charge on any atom is -0.143 e. The Morgan fingerprint density at radius 2 is 1.91 bits per heavy atom. The maximum atomic E-state index is 4.38. The summed E-state index contributed by atoms with van der Waals surface area (Å²) in [4.78, 5) is 1.13. The molecule has 0 bridgehead atoms. The van der Waals surface area contributed by atoms with Crippen LogP contribution in [0.5, 0.6) is 0 Å². The Hall–Kier alpha value is -0.213. The second kappa shape index (κ2) is 3.46. The highest BCUT2D eigenvalue weighted by molar-refractivity contribution is 7.80. The summed E-state index contributed by atoms with van der Waals surface area (Å²) in [6.07, 6.45) is 0. The van der Waals surface area contributed by atoms with E-state index in [9.17, 15) is 0 Å². The summed E-state index contributed by atoms with van der Waals surface area (Å²) in [5, 5.41) is 1.50. The molecule has 0 atom stereocenters. The van der Waals surface area contributed by atoms with Gasteiger partial charge >= 0.3 is 0 Å². The zero-order valence-corrected chi connectivity index (χ0v) is 9.31. The molecule has 0 spiro atoms. The summed E-state index contributed by atoms with van der Waals surface area (Å²) in [6, 6.07) is 6.59. The smallest absolute Gasteiger partial charge is 0.0647 e. The van der Waals surface area contributed by atoms with E-state index in [-0.39, 0.29) is 0 Å². The molecule has 0 saturated carbocycles. The molecule has 0 aliphatic heterocycles. The first-order valence-electron chi connectivity index (χ1n) is 3.91. The van der Waals surface area contributed by atoms with Crippen LogP contribution in [0, 0.1) is 6.92 Å².